The van der Waals surface area contributed by atoms with Crippen LogP contribution in [0.3, 0.4) is 0 Å². The van der Waals surface area contributed by atoms with E-state index in [4.69, 9.17) is 14.2 Å². The lowest BCUT2D eigenvalue weighted by atomic mass is 10.2. The second kappa shape index (κ2) is 5.34. The van der Waals surface area contributed by atoms with Gasteiger partial charge in [0.25, 0.3) is 0 Å². The SMILES string of the molecule is CS(=O)(=O)c1ccc(C(=O)Oc2ccc3c(c2)OCO3)cc1. The first-order valence-corrected chi connectivity index (χ1v) is 8.24. The van der Waals surface area contributed by atoms with Crippen LogP contribution in [0.1, 0.15) is 10.4 Å². The van der Waals surface area contributed by atoms with Crippen LogP contribution < -0.4 is 14.2 Å². The first-order valence-electron chi connectivity index (χ1n) is 6.35. The molecule has 0 N–H and O–H groups in total. The average Bonchev–Trinajstić information content (AvgIpc) is 2.94. The largest absolute Gasteiger partial charge is 0.454 e. The molecule has 0 atom stereocenters. The summed E-state index contributed by atoms with van der Waals surface area (Å²) in [7, 11) is -3.29. The summed E-state index contributed by atoms with van der Waals surface area (Å²) in [6, 6.07) is 10.4. The molecule has 0 saturated heterocycles. The summed E-state index contributed by atoms with van der Waals surface area (Å²) in [6.45, 7) is 0.139. The van der Waals surface area contributed by atoms with Crippen LogP contribution in [0.2, 0.25) is 0 Å². The zero-order chi connectivity index (χ0) is 15.7. The molecule has 0 unspecified atom stereocenters. The molecule has 0 radical (unpaired) electrons. The number of sulfone groups is 1. The third-order valence-electron chi connectivity index (χ3n) is 3.07. The van der Waals surface area contributed by atoms with Crippen molar-refractivity contribution in [3.05, 3.63) is 48.0 Å². The lowest BCUT2D eigenvalue weighted by Crippen LogP contribution is -2.09. The van der Waals surface area contributed by atoms with Crippen LogP contribution in [-0.4, -0.2) is 27.4 Å². The van der Waals surface area contributed by atoms with Crippen molar-refractivity contribution in [1.29, 1.82) is 0 Å². The van der Waals surface area contributed by atoms with E-state index < -0.39 is 15.8 Å². The van der Waals surface area contributed by atoms with Gasteiger partial charge < -0.3 is 14.2 Å². The molecule has 0 bridgehead atoms. The Bertz CT molecular complexity index is 824. The van der Waals surface area contributed by atoms with Gasteiger partial charge in [0.2, 0.25) is 6.79 Å². The van der Waals surface area contributed by atoms with Gasteiger partial charge in [-0.25, -0.2) is 13.2 Å². The Balaban J connectivity index is 1.77. The van der Waals surface area contributed by atoms with E-state index in [2.05, 4.69) is 0 Å². The second-order valence-electron chi connectivity index (χ2n) is 4.70. The van der Waals surface area contributed by atoms with Crippen molar-refractivity contribution in [2.75, 3.05) is 13.0 Å². The van der Waals surface area contributed by atoms with Crippen LogP contribution in [0, 0.1) is 0 Å². The van der Waals surface area contributed by atoms with E-state index in [-0.39, 0.29) is 17.3 Å². The Morgan fingerprint density at radius 3 is 2.41 bits per heavy atom. The maximum atomic E-state index is 12.0. The van der Waals surface area contributed by atoms with Gasteiger partial charge in [0.1, 0.15) is 5.75 Å². The van der Waals surface area contributed by atoms with Crippen LogP contribution in [0.5, 0.6) is 17.2 Å². The van der Waals surface area contributed by atoms with Gasteiger partial charge in [-0.15, -0.1) is 0 Å². The third-order valence-corrected chi connectivity index (χ3v) is 4.20. The van der Waals surface area contributed by atoms with Gasteiger partial charge in [0.05, 0.1) is 10.5 Å². The average molecular weight is 320 g/mol. The highest BCUT2D eigenvalue weighted by Crippen LogP contribution is 2.35. The molecule has 0 aliphatic carbocycles. The van der Waals surface area contributed by atoms with Crippen molar-refractivity contribution < 1.29 is 27.4 Å². The van der Waals surface area contributed by atoms with Gasteiger partial charge in [0.15, 0.2) is 21.3 Å². The molecule has 3 rings (SSSR count). The van der Waals surface area contributed by atoms with Crippen molar-refractivity contribution in [3.63, 3.8) is 0 Å². The van der Waals surface area contributed by atoms with E-state index in [1.165, 1.54) is 24.3 Å². The summed E-state index contributed by atoms with van der Waals surface area (Å²) in [5.74, 6) is 0.843. The summed E-state index contributed by atoms with van der Waals surface area (Å²) in [5, 5.41) is 0. The maximum Gasteiger partial charge on any atom is 0.343 e. The molecule has 114 valence electrons. The molecule has 2 aromatic carbocycles. The first-order chi connectivity index (χ1) is 10.4. The van der Waals surface area contributed by atoms with Gasteiger partial charge in [-0.05, 0) is 36.4 Å². The number of benzene rings is 2. The minimum atomic E-state index is -3.29. The van der Waals surface area contributed by atoms with Crippen molar-refractivity contribution in [3.8, 4) is 17.2 Å². The molecule has 7 heteroatoms. The predicted molar refractivity (Wildman–Crippen MR) is 77.1 cm³/mol. The molecule has 22 heavy (non-hydrogen) atoms. The summed E-state index contributed by atoms with van der Waals surface area (Å²) < 4.78 is 38.3. The van der Waals surface area contributed by atoms with Gasteiger partial charge in [-0.1, -0.05) is 0 Å². The van der Waals surface area contributed by atoms with Crippen molar-refractivity contribution in [2.45, 2.75) is 4.90 Å². The lowest BCUT2D eigenvalue weighted by molar-refractivity contribution is 0.0734. The van der Waals surface area contributed by atoms with Crippen LogP contribution in [0.25, 0.3) is 0 Å². The lowest BCUT2D eigenvalue weighted by Gasteiger charge is -2.06. The van der Waals surface area contributed by atoms with Gasteiger partial charge in [0, 0.05) is 12.3 Å². The van der Waals surface area contributed by atoms with Gasteiger partial charge in [-0.3, -0.25) is 0 Å². The summed E-state index contributed by atoms with van der Waals surface area (Å²) in [4.78, 5) is 12.2. The molecule has 1 aliphatic rings. The van der Waals surface area contributed by atoms with E-state index in [9.17, 15) is 13.2 Å². The number of esters is 1. The monoisotopic (exact) mass is 320 g/mol. The highest BCUT2D eigenvalue weighted by atomic mass is 32.2. The molecule has 0 amide bonds. The van der Waals surface area contributed by atoms with Gasteiger partial charge in [-0.2, -0.15) is 0 Å². The molecule has 0 fully saturated rings. The standard InChI is InChI=1S/C15H12O6S/c1-22(17,18)12-5-2-10(3-6-12)15(16)21-11-4-7-13-14(8-11)20-9-19-13/h2-8H,9H2,1H3. The van der Waals surface area contributed by atoms with E-state index in [1.54, 1.807) is 18.2 Å². The van der Waals surface area contributed by atoms with Crippen LogP contribution in [-0.2, 0) is 9.84 Å². The number of hydrogen-bond donors (Lipinski definition) is 0. The highest BCUT2D eigenvalue weighted by Gasteiger charge is 2.16. The van der Waals surface area contributed by atoms with Crippen LogP contribution >= 0.6 is 0 Å². The fraction of sp³-hybridized carbons (Fsp3) is 0.133. The Hall–Kier alpha value is -2.54. The van der Waals surface area contributed by atoms with E-state index in [1.807, 2.05) is 0 Å². The molecular weight excluding hydrogens is 308 g/mol. The Labute approximate surface area is 127 Å². The summed E-state index contributed by atoms with van der Waals surface area (Å²) in [6.07, 6.45) is 1.10. The normalized spacial score (nSPS) is 13.0. The molecule has 2 aromatic rings. The zero-order valence-corrected chi connectivity index (χ0v) is 12.4. The number of ether oxygens (including phenoxy) is 3. The quantitative estimate of drug-likeness (QED) is 0.636. The third kappa shape index (κ3) is 2.89. The Kier molecular flexibility index (Phi) is 3.50. The highest BCUT2D eigenvalue weighted by molar-refractivity contribution is 7.90. The zero-order valence-electron chi connectivity index (χ0n) is 11.6. The molecular formula is C15H12O6S. The van der Waals surface area contributed by atoms with Crippen molar-refractivity contribution in [2.24, 2.45) is 0 Å². The molecule has 1 aliphatic heterocycles. The number of carbonyl (C=O) groups is 1. The predicted octanol–water partition coefficient (Wildman–Crippen LogP) is 2.04. The van der Waals surface area contributed by atoms with Crippen LogP contribution in [0.15, 0.2) is 47.4 Å². The summed E-state index contributed by atoms with van der Waals surface area (Å²) in [5.41, 5.74) is 0.255. The van der Waals surface area contributed by atoms with Crippen LogP contribution in [0.4, 0.5) is 0 Å². The minimum Gasteiger partial charge on any atom is -0.454 e. The van der Waals surface area contributed by atoms with Crippen molar-refractivity contribution >= 4 is 15.8 Å². The molecule has 0 aromatic heterocycles. The van der Waals surface area contributed by atoms with E-state index in [0.717, 1.165) is 6.26 Å². The molecule has 0 saturated carbocycles. The minimum absolute atomic E-state index is 0.139. The second-order valence-corrected chi connectivity index (χ2v) is 6.72. The number of fused-ring (bicyclic) bond motifs is 1. The fourth-order valence-electron chi connectivity index (χ4n) is 1.94. The molecule has 1 heterocycles. The number of carbonyl (C=O) groups excluding carboxylic acids is 1. The van der Waals surface area contributed by atoms with Gasteiger partial charge >= 0.3 is 5.97 Å². The smallest absolute Gasteiger partial charge is 0.343 e. The molecule has 0 spiro atoms. The van der Waals surface area contributed by atoms with Crippen molar-refractivity contribution in [1.82, 2.24) is 0 Å². The number of hydrogen-bond acceptors (Lipinski definition) is 6. The molecule has 6 nitrogen and oxygen atoms in total. The summed E-state index contributed by atoms with van der Waals surface area (Å²) >= 11 is 0. The number of rotatable bonds is 3. The van der Waals surface area contributed by atoms with E-state index >= 15 is 0 Å². The fourth-order valence-corrected chi connectivity index (χ4v) is 2.58. The Morgan fingerprint density at radius 2 is 1.73 bits per heavy atom. The maximum absolute atomic E-state index is 12.0. The first kappa shape index (κ1) is 14.4. The topological polar surface area (TPSA) is 78.9 Å². The Morgan fingerprint density at radius 1 is 1.05 bits per heavy atom. The van der Waals surface area contributed by atoms with E-state index in [0.29, 0.717) is 17.2 Å².